The molecule has 0 radical (unpaired) electrons. The predicted molar refractivity (Wildman–Crippen MR) is 127 cm³/mol. The second-order valence-corrected chi connectivity index (χ2v) is 9.82. The summed E-state index contributed by atoms with van der Waals surface area (Å²) in [6, 6.07) is 16.0. The van der Waals surface area contributed by atoms with Gasteiger partial charge in [0.15, 0.2) is 0 Å². The van der Waals surface area contributed by atoms with Crippen molar-refractivity contribution in [2.45, 2.75) is 64.7 Å². The fraction of sp³-hybridized carbons (Fsp3) is 0.464. The van der Waals surface area contributed by atoms with Gasteiger partial charge in [0.25, 0.3) is 0 Å². The van der Waals surface area contributed by atoms with Gasteiger partial charge in [-0.05, 0) is 60.6 Å². The Balaban J connectivity index is 1.59. The first-order chi connectivity index (χ1) is 15.2. The third-order valence-corrected chi connectivity index (χ3v) is 6.18. The molecule has 3 rings (SSSR count). The van der Waals surface area contributed by atoms with Crippen molar-refractivity contribution >= 4 is 5.97 Å². The molecule has 1 atom stereocenters. The smallest absolute Gasteiger partial charge is 0.304 e. The lowest BCUT2D eigenvalue weighted by atomic mass is 9.70. The van der Waals surface area contributed by atoms with Gasteiger partial charge in [0.1, 0.15) is 11.5 Å². The molecule has 0 saturated heterocycles. The summed E-state index contributed by atoms with van der Waals surface area (Å²) in [5.41, 5.74) is 2.29. The molecule has 0 aromatic heterocycles. The molecule has 2 aromatic rings. The Morgan fingerprint density at radius 1 is 1.06 bits per heavy atom. The number of ether oxygens (including phenoxy) is 2. The lowest BCUT2D eigenvalue weighted by molar-refractivity contribution is -0.137. The minimum Gasteiger partial charge on any atom is -0.493 e. The molecule has 1 aliphatic rings. The van der Waals surface area contributed by atoms with Gasteiger partial charge < -0.3 is 14.6 Å². The number of carbonyl (C=O) groups is 1. The van der Waals surface area contributed by atoms with Gasteiger partial charge in [0.2, 0.25) is 0 Å². The molecule has 0 heterocycles. The lowest BCUT2D eigenvalue weighted by Gasteiger charge is -2.41. The molecule has 0 amide bonds. The van der Waals surface area contributed by atoms with Gasteiger partial charge in [-0.25, -0.2) is 0 Å². The van der Waals surface area contributed by atoms with Gasteiger partial charge in [-0.1, -0.05) is 57.4 Å². The average Bonchev–Trinajstić information content (AvgIpc) is 2.72. The molecule has 4 heteroatoms. The predicted octanol–water partition coefficient (Wildman–Crippen LogP) is 6.19. The van der Waals surface area contributed by atoms with Crippen molar-refractivity contribution in [3.8, 4) is 23.3 Å². The molecule has 1 unspecified atom stereocenters. The molecular weight excluding hydrogens is 400 g/mol. The summed E-state index contributed by atoms with van der Waals surface area (Å²) in [5, 5.41) is 9.12. The van der Waals surface area contributed by atoms with Crippen molar-refractivity contribution < 1.29 is 19.4 Å². The molecule has 32 heavy (non-hydrogen) atoms. The largest absolute Gasteiger partial charge is 0.493 e. The SMILES string of the molecule is CC#CC(CC(=O)O)c1ccc(OCC2(COc3cccc(C(C)(C)C)c3)CCC2)cc1. The molecule has 0 spiro atoms. The van der Waals surface area contributed by atoms with Crippen LogP contribution in [0.2, 0.25) is 0 Å². The van der Waals surface area contributed by atoms with Crippen molar-refractivity contribution in [1.82, 2.24) is 0 Å². The molecule has 1 aliphatic carbocycles. The standard InChI is InChI=1S/C28H34O4/c1-5-8-22(17-26(29)30)21-11-13-24(14-12-21)31-19-28(15-7-16-28)20-32-25-10-6-9-23(18-25)27(2,3)4/h6,9-14,18,22H,7,15-17,19-20H2,1-4H3,(H,29,30). The van der Waals surface area contributed by atoms with Crippen LogP contribution in [-0.4, -0.2) is 24.3 Å². The van der Waals surface area contributed by atoms with Crippen LogP contribution in [0.4, 0.5) is 0 Å². The van der Waals surface area contributed by atoms with E-state index in [1.54, 1.807) is 6.92 Å². The first-order valence-electron chi connectivity index (χ1n) is 11.3. The molecule has 1 saturated carbocycles. The lowest BCUT2D eigenvalue weighted by Crippen LogP contribution is -2.41. The second kappa shape index (κ2) is 10.1. The monoisotopic (exact) mass is 434 g/mol. The molecule has 1 N–H and O–H groups in total. The third-order valence-electron chi connectivity index (χ3n) is 6.18. The maximum atomic E-state index is 11.1. The highest BCUT2D eigenvalue weighted by Crippen LogP contribution is 2.42. The Morgan fingerprint density at radius 2 is 1.72 bits per heavy atom. The van der Waals surface area contributed by atoms with E-state index < -0.39 is 5.97 Å². The highest BCUT2D eigenvalue weighted by molar-refractivity contribution is 5.69. The zero-order valence-corrected chi connectivity index (χ0v) is 19.6. The van der Waals surface area contributed by atoms with E-state index in [4.69, 9.17) is 14.6 Å². The van der Waals surface area contributed by atoms with E-state index in [0.29, 0.717) is 13.2 Å². The van der Waals surface area contributed by atoms with Crippen LogP contribution in [0.1, 0.15) is 70.4 Å². The van der Waals surface area contributed by atoms with Crippen molar-refractivity contribution in [3.63, 3.8) is 0 Å². The van der Waals surface area contributed by atoms with Crippen molar-refractivity contribution in [3.05, 3.63) is 59.7 Å². The Kier molecular flexibility index (Phi) is 7.51. The molecular formula is C28H34O4. The number of aliphatic carboxylic acids is 1. The van der Waals surface area contributed by atoms with Gasteiger partial charge in [-0.15, -0.1) is 5.92 Å². The average molecular weight is 435 g/mol. The molecule has 0 bridgehead atoms. The molecule has 1 fully saturated rings. The fourth-order valence-corrected chi connectivity index (χ4v) is 3.93. The van der Waals surface area contributed by atoms with Crippen LogP contribution in [0.3, 0.4) is 0 Å². The van der Waals surface area contributed by atoms with E-state index >= 15 is 0 Å². The normalized spacial score (nSPS) is 15.6. The summed E-state index contributed by atoms with van der Waals surface area (Å²) in [6.07, 6.45) is 3.38. The van der Waals surface area contributed by atoms with Crippen molar-refractivity contribution in [2.24, 2.45) is 5.41 Å². The maximum absolute atomic E-state index is 11.1. The van der Waals surface area contributed by atoms with Gasteiger partial charge in [-0.2, -0.15) is 0 Å². The van der Waals surface area contributed by atoms with E-state index in [9.17, 15) is 4.79 Å². The highest BCUT2D eigenvalue weighted by Gasteiger charge is 2.39. The Hall–Kier alpha value is -2.93. The summed E-state index contributed by atoms with van der Waals surface area (Å²) in [5.74, 6) is 6.35. The number of hydrogen-bond donors (Lipinski definition) is 1. The third kappa shape index (κ3) is 6.29. The van der Waals surface area contributed by atoms with Crippen LogP contribution in [0, 0.1) is 17.3 Å². The van der Waals surface area contributed by atoms with Crippen LogP contribution in [0.15, 0.2) is 48.5 Å². The number of benzene rings is 2. The highest BCUT2D eigenvalue weighted by atomic mass is 16.5. The van der Waals surface area contributed by atoms with Gasteiger partial charge in [0.05, 0.1) is 25.6 Å². The quantitative estimate of drug-likeness (QED) is 0.478. The number of rotatable bonds is 9. The summed E-state index contributed by atoms with van der Waals surface area (Å²) in [7, 11) is 0. The Morgan fingerprint density at radius 3 is 2.25 bits per heavy atom. The molecule has 4 nitrogen and oxygen atoms in total. The van der Waals surface area contributed by atoms with E-state index in [1.165, 1.54) is 12.0 Å². The summed E-state index contributed by atoms with van der Waals surface area (Å²) < 4.78 is 12.3. The van der Waals surface area contributed by atoms with Crippen LogP contribution in [-0.2, 0) is 10.2 Å². The van der Waals surface area contributed by atoms with Crippen molar-refractivity contribution in [1.29, 1.82) is 0 Å². The van der Waals surface area contributed by atoms with E-state index in [1.807, 2.05) is 30.3 Å². The van der Waals surface area contributed by atoms with Gasteiger partial charge >= 0.3 is 5.97 Å². The summed E-state index contributed by atoms with van der Waals surface area (Å²) >= 11 is 0. The van der Waals surface area contributed by atoms with E-state index in [2.05, 4.69) is 50.8 Å². The number of carboxylic acid groups (broad SMARTS) is 1. The van der Waals surface area contributed by atoms with Crippen LogP contribution in [0.25, 0.3) is 0 Å². The Bertz CT molecular complexity index is 969. The molecule has 170 valence electrons. The van der Waals surface area contributed by atoms with Gasteiger partial charge in [-0.3, -0.25) is 4.79 Å². The Labute approximate surface area is 192 Å². The minimum absolute atomic E-state index is 0.00208. The number of carboxylic acids is 1. The van der Waals surface area contributed by atoms with Crippen LogP contribution in [0.5, 0.6) is 11.5 Å². The first kappa shape index (κ1) is 23.7. The minimum atomic E-state index is -0.849. The zero-order valence-electron chi connectivity index (χ0n) is 19.6. The molecule has 2 aromatic carbocycles. The number of hydrogen-bond acceptors (Lipinski definition) is 3. The van der Waals surface area contributed by atoms with E-state index in [-0.39, 0.29) is 23.2 Å². The second-order valence-electron chi connectivity index (χ2n) is 9.82. The summed E-state index contributed by atoms with van der Waals surface area (Å²) in [4.78, 5) is 11.1. The zero-order chi connectivity index (χ0) is 23.2. The van der Waals surface area contributed by atoms with Crippen LogP contribution < -0.4 is 9.47 Å². The topological polar surface area (TPSA) is 55.8 Å². The summed E-state index contributed by atoms with van der Waals surface area (Å²) in [6.45, 7) is 9.60. The van der Waals surface area contributed by atoms with Crippen molar-refractivity contribution in [2.75, 3.05) is 13.2 Å². The first-order valence-corrected chi connectivity index (χ1v) is 11.3. The fourth-order valence-electron chi connectivity index (χ4n) is 3.93. The van der Waals surface area contributed by atoms with E-state index in [0.717, 1.165) is 29.9 Å². The molecule has 0 aliphatic heterocycles. The van der Waals surface area contributed by atoms with Crippen LogP contribution >= 0.6 is 0 Å². The van der Waals surface area contributed by atoms with Gasteiger partial charge in [0, 0.05) is 5.41 Å². The maximum Gasteiger partial charge on any atom is 0.304 e.